The molecule has 0 saturated heterocycles. The molecule has 4 heteroatoms. The molecule has 20 heavy (non-hydrogen) atoms. The third-order valence-electron chi connectivity index (χ3n) is 3.03. The van der Waals surface area contributed by atoms with Crippen LogP contribution in [0.4, 0.5) is 0 Å². The van der Waals surface area contributed by atoms with E-state index in [1.54, 1.807) is 13.3 Å². The van der Waals surface area contributed by atoms with Gasteiger partial charge in [-0.1, -0.05) is 18.2 Å². The van der Waals surface area contributed by atoms with Gasteiger partial charge in [-0.2, -0.15) is 0 Å². The number of hydrogen-bond donors (Lipinski definition) is 1. The average molecular weight is 272 g/mol. The molecule has 0 bridgehead atoms. The summed E-state index contributed by atoms with van der Waals surface area (Å²) in [5.74, 6) is 0.843. The van der Waals surface area contributed by atoms with Gasteiger partial charge in [0.25, 0.3) is 0 Å². The summed E-state index contributed by atoms with van der Waals surface area (Å²) in [6.07, 6.45) is 2.70. The van der Waals surface area contributed by atoms with Gasteiger partial charge >= 0.3 is 0 Å². The van der Waals surface area contributed by atoms with Gasteiger partial charge in [-0.25, -0.2) is 0 Å². The van der Waals surface area contributed by atoms with Crippen molar-refractivity contribution in [3.63, 3.8) is 0 Å². The Bertz CT molecular complexity index is 509. The Morgan fingerprint density at radius 3 is 2.40 bits per heavy atom. The maximum atomic E-state index is 5.70. The van der Waals surface area contributed by atoms with Crippen LogP contribution in [-0.4, -0.2) is 18.7 Å². The Morgan fingerprint density at radius 1 is 1.05 bits per heavy atom. The number of rotatable bonds is 7. The predicted octanol–water partition coefficient (Wildman–Crippen LogP) is 2.31. The minimum absolute atomic E-state index is 0.461. The maximum absolute atomic E-state index is 5.70. The molecular weight excluding hydrogens is 252 g/mol. The van der Waals surface area contributed by atoms with E-state index < -0.39 is 0 Å². The highest BCUT2D eigenvalue weighted by molar-refractivity contribution is 5.27. The summed E-state index contributed by atoms with van der Waals surface area (Å²) in [5.41, 5.74) is 8.69. The van der Waals surface area contributed by atoms with Gasteiger partial charge in [0.1, 0.15) is 12.4 Å². The number of aromatic nitrogens is 1. The molecule has 4 nitrogen and oxygen atoms in total. The molecule has 0 fully saturated rings. The summed E-state index contributed by atoms with van der Waals surface area (Å²) in [5, 5.41) is 0. The van der Waals surface area contributed by atoms with E-state index in [1.165, 1.54) is 5.56 Å². The van der Waals surface area contributed by atoms with Gasteiger partial charge in [0.05, 0.1) is 12.3 Å². The zero-order valence-corrected chi connectivity index (χ0v) is 11.7. The topological polar surface area (TPSA) is 57.4 Å². The van der Waals surface area contributed by atoms with Crippen LogP contribution in [0.25, 0.3) is 0 Å². The molecule has 2 rings (SSSR count). The first-order valence-electron chi connectivity index (χ1n) is 6.66. The molecule has 0 atom stereocenters. The summed E-state index contributed by atoms with van der Waals surface area (Å²) in [4.78, 5) is 4.30. The molecule has 0 spiro atoms. The number of pyridine rings is 1. The molecular formula is C16H20N2O2. The van der Waals surface area contributed by atoms with E-state index in [2.05, 4.69) is 17.1 Å². The van der Waals surface area contributed by atoms with Crippen LogP contribution < -0.4 is 10.5 Å². The van der Waals surface area contributed by atoms with Gasteiger partial charge in [-0.15, -0.1) is 0 Å². The number of nitrogens with two attached hydrogens (primary N) is 1. The van der Waals surface area contributed by atoms with Gasteiger partial charge in [0.15, 0.2) is 0 Å². The summed E-state index contributed by atoms with van der Waals surface area (Å²) < 4.78 is 10.8. The number of ether oxygens (including phenoxy) is 2. The zero-order chi connectivity index (χ0) is 14.2. The van der Waals surface area contributed by atoms with E-state index in [-0.39, 0.29) is 0 Å². The Balaban J connectivity index is 1.86. The third kappa shape index (κ3) is 4.33. The monoisotopic (exact) mass is 272 g/mol. The molecule has 1 heterocycles. The average Bonchev–Trinajstić information content (AvgIpc) is 2.52. The second-order valence-corrected chi connectivity index (χ2v) is 4.54. The SMILES string of the molecule is COCCc1ccc(OCc2ccc(CN)cn2)cc1. The highest BCUT2D eigenvalue weighted by Crippen LogP contribution is 2.14. The Kier molecular flexibility index (Phi) is 5.53. The number of benzene rings is 1. The van der Waals surface area contributed by atoms with Crippen molar-refractivity contribution in [2.24, 2.45) is 5.73 Å². The second-order valence-electron chi connectivity index (χ2n) is 4.54. The van der Waals surface area contributed by atoms with Crippen molar-refractivity contribution >= 4 is 0 Å². The molecule has 1 aromatic carbocycles. The lowest BCUT2D eigenvalue weighted by Gasteiger charge is -2.07. The number of hydrogen-bond acceptors (Lipinski definition) is 4. The Morgan fingerprint density at radius 2 is 1.80 bits per heavy atom. The van der Waals surface area contributed by atoms with Gasteiger partial charge in [0.2, 0.25) is 0 Å². The minimum Gasteiger partial charge on any atom is -0.487 e. The fourth-order valence-electron chi connectivity index (χ4n) is 1.79. The number of nitrogens with zero attached hydrogens (tertiary/aromatic N) is 1. The molecule has 0 saturated carbocycles. The van der Waals surface area contributed by atoms with Crippen LogP contribution in [0.5, 0.6) is 5.75 Å². The molecule has 0 amide bonds. The predicted molar refractivity (Wildman–Crippen MR) is 78.5 cm³/mol. The molecule has 0 unspecified atom stereocenters. The van der Waals surface area contributed by atoms with Crippen LogP contribution in [0.15, 0.2) is 42.6 Å². The van der Waals surface area contributed by atoms with Crippen molar-refractivity contribution in [3.05, 3.63) is 59.4 Å². The van der Waals surface area contributed by atoms with Crippen LogP contribution in [0.1, 0.15) is 16.8 Å². The van der Waals surface area contributed by atoms with E-state index in [9.17, 15) is 0 Å². The van der Waals surface area contributed by atoms with Gasteiger partial charge in [-0.3, -0.25) is 4.98 Å². The first kappa shape index (κ1) is 14.5. The minimum atomic E-state index is 0.461. The number of methoxy groups -OCH3 is 1. The van der Waals surface area contributed by atoms with E-state index >= 15 is 0 Å². The third-order valence-corrected chi connectivity index (χ3v) is 3.03. The molecule has 1 aromatic heterocycles. The molecule has 2 N–H and O–H groups in total. The Hall–Kier alpha value is -1.91. The highest BCUT2D eigenvalue weighted by atomic mass is 16.5. The van der Waals surface area contributed by atoms with Crippen molar-refractivity contribution < 1.29 is 9.47 Å². The van der Waals surface area contributed by atoms with E-state index in [0.29, 0.717) is 13.2 Å². The van der Waals surface area contributed by atoms with Crippen LogP contribution in [0, 0.1) is 0 Å². The lowest BCUT2D eigenvalue weighted by atomic mass is 10.1. The van der Waals surface area contributed by atoms with Crippen molar-refractivity contribution in [3.8, 4) is 5.75 Å². The molecule has 2 aromatic rings. The maximum Gasteiger partial charge on any atom is 0.130 e. The fourth-order valence-corrected chi connectivity index (χ4v) is 1.79. The quantitative estimate of drug-likeness (QED) is 0.840. The first-order valence-corrected chi connectivity index (χ1v) is 6.66. The van der Waals surface area contributed by atoms with Crippen LogP contribution >= 0.6 is 0 Å². The zero-order valence-electron chi connectivity index (χ0n) is 11.7. The first-order chi connectivity index (χ1) is 9.81. The second kappa shape index (κ2) is 7.62. The van der Waals surface area contributed by atoms with Crippen LogP contribution in [0.2, 0.25) is 0 Å². The normalized spacial score (nSPS) is 10.5. The fraction of sp³-hybridized carbons (Fsp3) is 0.312. The van der Waals surface area contributed by atoms with Crippen molar-refractivity contribution in [1.82, 2.24) is 4.98 Å². The summed E-state index contributed by atoms with van der Waals surface area (Å²) in [6.45, 7) is 1.71. The largest absolute Gasteiger partial charge is 0.487 e. The van der Waals surface area contributed by atoms with E-state index in [4.69, 9.17) is 15.2 Å². The van der Waals surface area contributed by atoms with Gasteiger partial charge in [0, 0.05) is 19.9 Å². The smallest absolute Gasteiger partial charge is 0.130 e. The van der Waals surface area contributed by atoms with E-state index in [1.807, 2.05) is 24.3 Å². The summed E-state index contributed by atoms with van der Waals surface area (Å²) in [7, 11) is 1.71. The van der Waals surface area contributed by atoms with Gasteiger partial charge in [-0.05, 0) is 35.7 Å². The highest BCUT2D eigenvalue weighted by Gasteiger charge is 1.99. The van der Waals surface area contributed by atoms with Crippen LogP contribution in [0.3, 0.4) is 0 Å². The molecule has 0 aliphatic heterocycles. The lowest BCUT2D eigenvalue weighted by molar-refractivity contribution is 0.202. The van der Waals surface area contributed by atoms with Crippen molar-refractivity contribution in [2.75, 3.05) is 13.7 Å². The summed E-state index contributed by atoms with van der Waals surface area (Å²) >= 11 is 0. The molecule has 0 aliphatic rings. The molecule has 106 valence electrons. The molecule has 0 aliphatic carbocycles. The Labute approximate surface area is 119 Å². The summed E-state index contributed by atoms with van der Waals surface area (Å²) in [6, 6.07) is 12.0. The van der Waals surface area contributed by atoms with Crippen molar-refractivity contribution in [2.45, 2.75) is 19.6 Å². The standard InChI is InChI=1S/C16H20N2O2/c1-19-9-8-13-3-6-16(7-4-13)20-12-15-5-2-14(10-17)11-18-15/h2-7,11H,8-10,12,17H2,1H3. The molecule has 0 radical (unpaired) electrons. The van der Waals surface area contributed by atoms with Gasteiger partial charge < -0.3 is 15.2 Å². The van der Waals surface area contributed by atoms with Crippen molar-refractivity contribution in [1.29, 1.82) is 0 Å². The lowest BCUT2D eigenvalue weighted by Crippen LogP contribution is -2.01. The van der Waals surface area contributed by atoms with Crippen LogP contribution in [-0.2, 0) is 24.3 Å². The van der Waals surface area contributed by atoms with E-state index in [0.717, 1.165) is 30.0 Å².